The quantitative estimate of drug-likeness (QED) is 0.140. The summed E-state index contributed by atoms with van der Waals surface area (Å²) < 4.78 is 13.2. The van der Waals surface area contributed by atoms with Crippen molar-refractivity contribution in [2.24, 2.45) is 0 Å². The van der Waals surface area contributed by atoms with Crippen LogP contribution in [0.25, 0.3) is 177 Å². The molecule has 0 fully saturated rings. The summed E-state index contributed by atoms with van der Waals surface area (Å²) in [6.07, 6.45) is 5.42. The second kappa shape index (κ2) is 22.0. The van der Waals surface area contributed by atoms with E-state index in [9.17, 15) is 0 Å². The van der Waals surface area contributed by atoms with Crippen LogP contribution in [-0.2, 0) is 0 Å². The van der Waals surface area contributed by atoms with E-state index in [0.29, 0.717) is 0 Å². The van der Waals surface area contributed by atoms with E-state index < -0.39 is 0 Å². The third-order valence-corrected chi connectivity index (χ3v) is 17.3. The number of pyridine rings is 5. The fourth-order valence-corrected chi connectivity index (χ4v) is 12.9. The van der Waals surface area contributed by atoms with E-state index in [1.165, 1.54) is 33.0 Å². The van der Waals surface area contributed by atoms with Crippen molar-refractivity contribution in [1.82, 2.24) is 24.9 Å². The van der Waals surface area contributed by atoms with Gasteiger partial charge in [-0.05, 0) is 157 Å². The van der Waals surface area contributed by atoms with Gasteiger partial charge in [0.1, 0.15) is 22.3 Å². The summed E-state index contributed by atoms with van der Waals surface area (Å²) >= 11 is 0. The molecule has 0 unspecified atom stereocenters. The van der Waals surface area contributed by atoms with Crippen molar-refractivity contribution in [2.45, 2.75) is 0 Å². The van der Waals surface area contributed by atoms with Crippen molar-refractivity contribution >= 4 is 87.2 Å². The first-order valence-corrected chi connectivity index (χ1v) is 30.2. The highest BCUT2D eigenvalue weighted by atomic mass is 16.3. The maximum Gasteiger partial charge on any atom is 0.143 e. The molecule has 90 heavy (non-hydrogen) atoms. The predicted molar refractivity (Wildman–Crippen MR) is 370 cm³/mol. The summed E-state index contributed by atoms with van der Waals surface area (Å²) in [5, 5.41) is 11.3. The molecule has 0 amide bonds. The Balaban J connectivity index is 0.000000139. The molecule has 420 valence electrons. The molecule has 18 rings (SSSR count). The highest BCUT2D eigenvalue weighted by molar-refractivity contribution is 6.21. The predicted octanol–water partition coefficient (Wildman–Crippen LogP) is 22.1. The number of rotatable bonds is 8. The molecule has 0 saturated carbocycles. The molecule has 0 N–H and O–H groups in total. The number of hydrogen-bond acceptors (Lipinski definition) is 7. The van der Waals surface area contributed by atoms with Crippen molar-refractivity contribution < 1.29 is 8.83 Å². The fourth-order valence-electron chi connectivity index (χ4n) is 12.9. The number of fused-ring (bicyclic) bond motifs is 13. The van der Waals surface area contributed by atoms with Gasteiger partial charge in [0, 0.05) is 67.2 Å². The van der Waals surface area contributed by atoms with Crippen LogP contribution in [-0.4, -0.2) is 24.9 Å². The fraction of sp³-hybridized carbons (Fsp3) is 0. The van der Waals surface area contributed by atoms with Gasteiger partial charge in [0.15, 0.2) is 0 Å². The molecule has 0 aliphatic heterocycles. The second-order valence-electron chi connectivity index (χ2n) is 22.7. The minimum atomic E-state index is 0.811. The lowest BCUT2D eigenvalue weighted by atomic mass is 9.95. The number of furan rings is 2. The molecule has 18 aromatic rings. The first-order chi connectivity index (χ1) is 44.6. The third kappa shape index (κ3) is 9.37. The lowest BCUT2D eigenvalue weighted by Gasteiger charge is -2.10. The molecule has 7 nitrogen and oxygen atoms in total. The Morgan fingerprint density at radius 2 is 0.667 bits per heavy atom. The summed E-state index contributed by atoms with van der Waals surface area (Å²) in [6.45, 7) is 0. The van der Waals surface area contributed by atoms with E-state index >= 15 is 0 Å². The van der Waals surface area contributed by atoms with Crippen LogP contribution in [0, 0.1) is 0 Å². The Labute approximate surface area is 517 Å². The van der Waals surface area contributed by atoms with Gasteiger partial charge in [-0.25, -0.2) is 9.97 Å². The van der Waals surface area contributed by atoms with Gasteiger partial charge in [0.25, 0.3) is 0 Å². The van der Waals surface area contributed by atoms with E-state index in [0.717, 1.165) is 144 Å². The number of hydrogen-bond donors (Lipinski definition) is 0. The first kappa shape index (κ1) is 52.2. The monoisotopic (exact) mass is 1150 g/mol. The van der Waals surface area contributed by atoms with E-state index in [1.807, 2.05) is 48.7 Å². The van der Waals surface area contributed by atoms with Gasteiger partial charge < -0.3 is 8.83 Å². The van der Waals surface area contributed by atoms with Crippen LogP contribution in [0.2, 0.25) is 0 Å². The molecule has 0 aliphatic rings. The minimum Gasteiger partial charge on any atom is -0.455 e. The molecule has 0 bridgehead atoms. The van der Waals surface area contributed by atoms with E-state index in [-0.39, 0.29) is 0 Å². The van der Waals surface area contributed by atoms with Gasteiger partial charge in [-0.15, -0.1) is 0 Å². The SMILES string of the molecule is c1ccc(-c2cc3c4ccc(-c5ccc(-c6cc(-c7ccccn7)nc(-c7ccccn7)c6)cc5)cc4oc3c3ccccc23)cc1.c1ccc(-c2cc3c4ccc(-c5cccc(-c6ccc7ccc8cccnc8c7n6)c5)cc4oc3c3ccccc23)cc1. The largest absolute Gasteiger partial charge is 0.455 e. The van der Waals surface area contributed by atoms with Crippen LogP contribution in [0.1, 0.15) is 0 Å². The maximum atomic E-state index is 6.60. The van der Waals surface area contributed by atoms with Crippen LogP contribution in [0.3, 0.4) is 0 Å². The summed E-state index contributed by atoms with van der Waals surface area (Å²) in [6, 6.07) is 102. The van der Waals surface area contributed by atoms with Gasteiger partial charge in [0.2, 0.25) is 0 Å². The molecule has 7 heteroatoms. The summed E-state index contributed by atoms with van der Waals surface area (Å²) in [4.78, 5) is 23.7. The third-order valence-electron chi connectivity index (χ3n) is 17.3. The lowest BCUT2D eigenvalue weighted by molar-refractivity contribution is 0.672. The second-order valence-corrected chi connectivity index (χ2v) is 22.7. The Morgan fingerprint density at radius 3 is 1.23 bits per heavy atom. The normalized spacial score (nSPS) is 11.6. The zero-order valence-corrected chi connectivity index (χ0v) is 48.5. The zero-order valence-electron chi connectivity index (χ0n) is 48.5. The molecule has 7 heterocycles. The lowest BCUT2D eigenvalue weighted by Crippen LogP contribution is -1.93. The molecular weight excluding hydrogens is 1100 g/mol. The van der Waals surface area contributed by atoms with Crippen molar-refractivity contribution in [1.29, 1.82) is 0 Å². The molecule has 0 radical (unpaired) electrons. The zero-order chi connectivity index (χ0) is 59.5. The van der Waals surface area contributed by atoms with Gasteiger partial charge in [-0.1, -0.05) is 200 Å². The Bertz CT molecular complexity index is 5710. The van der Waals surface area contributed by atoms with Crippen LogP contribution in [0.15, 0.2) is 319 Å². The first-order valence-electron chi connectivity index (χ1n) is 30.2. The maximum absolute atomic E-state index is 6.60. The summed E-state index contributed by atoms with van der Waals surface area (Å²) in [5.41, 5.74) is 22.2. The average Bonchev–Trinajstić information content (AvgIpc) is 1.60. The van der Waals surface area contributed by atoms with Crippen molar-refractivity contribution in [2.75, 3.05) is 0 Å². The Hall–Kier alpha value is -12.2. The Morgan fingerprint density at radius 1 is 0.211 bits per heavy atom. The van der Waals surface area contributed by atoms with Crippen molar-refractivity contribution in [3.8, 4) is 89.7 Å². The van der Waals surface area contributed by atoms with Gasteiger partial charge in [0.05, 0.1) is 39.5 Å². The minimum absolute atomic E-state index is 0.811. The highest BCUT2D eigenvalue weighted by Gasteiger charge is 2.19. The van der Waals surface area contributed by atoms with E-state index in [4.69, 9.17) is 18.8 Å². The highest BCUT2D eigenvalue weighted by Crippen LogP contribution is 2.44. The summed E-state index contributed by atoms with van der Waals surface area (Å²) in [5.74, 6) is 0. The molecule has 0 spiro atoms. The Kier molecular flexibility index (Phi) is 12.7. The van der Waals surface area contributed by atoms with E-state index in [2.05, 4.69) is 264 Å². The molecule has 0 atom stereocenters. The molecule has 0 saturated heterocycles. The molecule has 11 aromatic carbocycles. The van der Waals surface area contributed by atoms with Crippen molar-refractivity contribution in [3.05, 3.63) is 310 Å². The van der Waals surface area contributed by atoms with Crippen LogP contribution in [0.4, 0.5) is 0 Å². The molecular formula is C83H51N5O2. The summed E-state index contributed by atoms with van der Waals surface area (Å²) in [7, 11) is 0. The molecule has 0 aliphatic carbocycles. The average molecular weight is 1150 g/mol. The van der Waals surface area contributed by atoms with Crippen molar-refractivity contribution in [3.63, 3.8) is 0 Å². The van der Waals surface area contributed by atoms with Crippen LogP contribution in [0.5, 0.6) is 0 Å². The van der Waals surface area contributed by atoms with Crippen LogP contribution >= 0.6 is 0 Å². The standard InChI is InChI=1S/C43H27N3O.C40H24N2O/c1-2-10-30(11-3-1)36-27-37-34-21-20-31(26-42(34)47-43(37)35-13-5-4-12-33(35)36)28-16-18-29(19-17-28)32-24-40(38-14-6-8-22-44-38)46-41(25-32)39-15-7-9-23-45-39;1-2-8-25(9-3-1)34-24-35-32-19-17-29(23-37(32)43-40(35)33-14-5-4-13-31(33)34)28-10-6-11-30(22-28)36-20-18-27-16-15-26-12-7-21-41-38(26)39(27)42-36/h1-27H;1-24H. The smallest absolute Gasteiger partial charge is 0.143 e. The number of benzene rings is 11. The van der Waals surface area contributed by atoms with Gasteiger partial charge in [-0.2, -0.15) is 0 Å². The van der Waals surface area contributed by atoms with E-state index in [1.54, 1.807) is 12.4 Å². The number of nitrogens with zero attached hydrogens (tertiary/aromatic N) is 5. The molecule has 7 aromatic heterocycles. The van der Waals surface area contributed by atoms with Crippen LogP contribution < -0.4 is 0 Å². The topological polar surface area (TPSA) is 90.7 Å². The number of aromatic nitrogens is 5. The van der Waals surface area contributed by atoms with Gasteiger partial charge >= 0.3 is 0 Å². The van der Waals surface area contributed by atoms with Gasteiger partial charge in [-0.3, -0.25) is 15.0 Å².